The summed E-state index contributed by atoms with van der Waals surface area (Å²) >= 11 is 6.22. The molecule has 4 rings (SSSR count). The molecule has 0 bridgehead atoms. The third kappa shape index (κ3) is 4.67. The van der Waals surface area contributed by atoms with Gasteiger partial charge in [0.25, 0.3) is 0 Å². The molecule has 1 aromatic carbocycles. The van der Waals surface area contributed by atoms with Gasteiger partial charge in [0.05, 0.1) is 12.7 Å². The smallest absolute Gasteiger partial charge is 0.339 e. The van der Waals surface area contributed by atoms with Gasteiger partial charge in [0.15, 0.2) is 6.10 Å². The third-order valence-electron chi connectivity index (χ3n) is 6.40. The van der Waals surface area contributed by atoms with Crippen molar-refractivity contribution in [2.45, 2.75) is 72.6 Å². The number of esters is 1. The molecule has 1 atom stereocenters. The predicted octanol–water partition coefficient (Wildman–Crippen LogP) is 6.72. The van der Waals surface area contributed by atoms with Crippen LogP contribution < -0.4 is 0 Å². The molecule has 6 heteroatoms. The van der Waals surface area contributed by atoms with E-state index >= 15 is 0 Å². The zero-order valence-corrected chi connectivity index (χ0v) is 21.3. The van der Waals surface area contributed by atoms with E-state index in [4.69, 9.17) is 26.1 Å². The normalized spacial score (nSPS) is 15.2. The largest absolute Gasteiger partial charge is 0.467 e. The summed E-state index contributed by atoms with van der Waals surface area (Å²) in [5.41, 5.74) is 6.24. The average molecular weight is 469 g/mol. The first kappa shape index (κ1) is 23.8. The second-order valence-corrected chi connectivity index (χ2v) is 10.5. The molecule has 0 amide bonds. The lowest BCUT2D eigenvalue weighted by atomic mass is 9.91. The van der Waals surface area contributed by atoms with E-state index in [0.29, 0.717) is 10.9 Å². The summed E-state index contributed by atoms with van der Waals surface area (Å²) in [4.78, 5) is 18.1. The minimum Gasteiger partial charge on any atom is -0.467 e. The molecule has 1 aliphatic carbocycles. The van der Waals surface area contributed by atoms with Gasteiger partial charge in [0.1, 0.15) is 5.65 Å². The lowest BCUT2D eigenvalue weighted by Gasteiger charge is -2.29. The van der Waals surface area contributed by atoms with Crippen LogP contribution in [0.15, 0.2) is 24.3 Å². The minimum absolute atomic E-state index is 0.434. The van der Waals surface area contributed by atoms with Crippen molar-refractivity contribution in [2.24, 2.45) is 5.92 Å². The van der Waals surface area contributed by atoms with Gasteiger partial charge in [-0.25, -0.2) is 9.78 Å². The number of nitrogens with zero attached hydrogens (tertiary/aromatic N) is 2. The Morgan fingerprint density at radius 1 is 1.18 bits per heavy atom. The maximum Gasteiger partial charge on any atom is 0.339 e. The molecule has 5 nitrogen and oxygen atoms in total. The summed E-state index contributed by atoms with van der Waals surface area (Å²) in [5, 5.41) is 1.72. The van der Waals surface area contributed by atoms with Crippen LogP contribution in [-0.2, 0) is 20.8 Å². The van der Waals surface area contributed by atoms with Crippen molar-refractivity contribution in [2.75, 3.05) is 7.11 Å². The van der Waals surface area contributed by atoms with Crippen molar-refractivity contribution in [3.8, 4) is 11.1 Å². The van der Waals surface area contributed by atoms with E-state index in [9.17, 15) is 4.79 Å². The number of methoxy groups -OCH3 is 1. The Morgan fingerprint density at radius 2 is 1.82 bits per heavy atom. The highest BCUT2D eigenvalue weighted by molar-refractivity contribution is 6.30. The van der Waals surface area contributed by atoms with Gasteiger partial charge in [-0.1, -0.05) is 23.7 Å². The molecule has 1 fully saturated rings. The summed E-state index contributed by atoms with van der Waals surface area (Å²) in [6.45, 7) is 13.0. The number of aryl methyl sites for hydroxylation is 2. The number of carbonyl (C=O) groups excluding carboxylic acids is 1. The van der Waals surface area contributed by atoms with Crippen LogP contribution in [0.25, 0.3) is 22.2 Å². The molecule has 0 saturated heterocycles. The average Bonchev–Trinajstić information content (AvgIpc) is 3.54. The fraction of sp³-hybridized carbons (Fsp3) is 0.481. The van der Waals surface area contributed by atoms with E-state index in [2.05, 4.69) is 18.4 Å². The molecule has 2 aromatic heterocycles. The molecule has 0 spiro atoms. The molecule has 0 N–H and O–H groups in total. The van der Waals surface area contributed by atoms with E-state index in [1.807, 2.05) is 52.0 Å². The minimum atomic E-state index is -0.899. The van der Waals surface area contributed by atoms with E-state index in [-0.39, 0.29) is 0 Å². The van der Waals surface area contributed by atoms with Gasteiger partial charge >= 0.3 is 5.97 Å². The third-order valence-corrected chi connectivity index (χ3v) is 6.66. The highest BCUT2D eigenvalue weighted by atomic mass is 35.5. The Labute approximate surface area is 201 Å². The number of aromatic nitrogens is 2. The Bertz CT molecular complexity index is 1200. The molecule has 0 unspecified atom stereocenters. The quantitative estimate of drug-likeness (QED) is 0.377. The van der Waals surface area contributed by atoms with Crippen LogP contribution in [0, 0.1) is 26.7 Å². The topological polar surface area (TPSA) is 53.4 Å². The molecule has 3 aromatic rings. The second kappa shape index (κ2) is 8.77. The first-order chi connectivity index (χ1) is 15.5. The lowest BCUT2D eigenvalue weighted by Crippen LogP contribution is -2.29. The van der Waals surface area contributed by atoms with Crippen LogP contribution >= 0.6 is 11.6 Å². The number of pyridine rings is 1. The Hall–Kier alpha value is -2.37. The van der Waals surface area contributed by atoms with E-state index in [1.165, 1.54) is 31.2 Å². The second-order valence-electron chi connectivity index (χ2n) is 10.1. The van der Waals surface area contributed by atoms with Crippen LogP contribution in [0.5, 0.6) is 0 Å². The van der Waals surface area contributed by atoms with Gasteiger partial charge in [-0.3, -0.25) is 0 Å². The van der Waals surface area contributed by atoms with Gasteiger partial charge < -0.3 is 14.0 Å². The van der Waals surface area contributed by atoms with Crippen LogP contribution in [0.3, 0.4) is 0 Å². The number of hydrogen-bond donors (Lipinski definition) is 0. The van der Waals surface area contributed by atoms with Crippen molar-refractivity contribution < 1.29 is 14.3 Å². The van der Waals surface area contributed by atoms with Crippen LogP contribution in [0.1, 0.15) is 62.2 Å². The fourth-order valence-corrected chi connectivity index (χ4v) is 4.63. The van der Waals surface area contributed by atoms with Crippen molar-refractivity contribution in [3.05, 3.63) is 51.8 Å². The van der Waals surface area contributed by atoms with Gasteiger partial charge in [-0.05, 0) is 83.6 Å². The summed E-state index contributed by atoms with van der Waals surface area (Å²) in [6, 6.07) is 7.75. The van der Waals surface area contributed by atoms with Crippen molar-refractivity contribution in [3.63, 3.8) is 0 Å². The van der Waals surface area contributed by atoms with Gasteiger partial charge in [-0.15, -0.1) is 0 Å². The summed E-state index contributed by atoms with van der Waals surface area (Å²) < 4.78 is 13.8. The van der Waals surface area contributed by atoms with E-state index < -0.39 is 17.7 Å². The summed E-state index contributed by atoms with van der Waals surface area (Å²) in [5.74, 6) is 0.280. The molecule has 0 aliphatic heterocycles. The van der Waals surface area contributed by atoms with Crippen LogP contribution in [0.2, 0.25) is 5.02 Å². The molecule has 33 heavy (non-hydrogen) atoms. The van der Waals surface area contributed by atoms with E-state index in [0.717, 1.165) is 40.0 Å². The Kier molecular flexibility index (Phi) is 6.32. The van der Waals surface area contributed by atoms with Gasteiger partial charge in [-0.2, -0.15) is 0 Å². The number of halogens is 1. The number of rotatable bonds is 6. The first-order valence-corrected chi connectivity index (χ1v) is 11.9. The monoisotopic (exact) mass is 468 g/mol. The molecular weight excluding hydrogens is 436 g/mol. The molecule has 176 valence electrons. The maximum absolute atomic E-state index is 13.0. The summed E-state index contributed by atoms with van der Waals surface area (Å²) in [6.07, 6.45) is 1.63. The van der Waals surface area contributed by atoms with Crippen molar-refractivity contribution in [1.82, 2.24) is 9.55 Å². The number of ether oxygens (including phenoxy) is 2. The lowest BCUT2D eigenvalue weighted by molar-refractivity contribution is -0.164. The number of carbonyl (C=O) groups is 1. The Morgan fingerprint density at radius 3 is 2.36 bits per heavy atom. The molecule has 1 saturated carbocycles. The van der Waals surface area contributed by atoms with Gasteiger partial charge in [0, 0.05) is 39.5 Å². The SMILES string of the molecule is COC(=O)[C@@H](OC(C)(C)C)c1c(C)nc2c(c(C)c(C)n2CC2CC2)c1-c1ccc(Cl)cc1. The molecule has 0 radical (unpaired) electrons. The predicted molar refractivity (Wildman–Crippen MR) is 133 cm³/mol. The van der Waals surface area contributed by atoms with Crippen LogP contribution in [-0.4, -0.2) is 28.2 Å². The number of benzene rings is 1. The highest BCUT2D eigenvalue weighted by Crippen LogP contribution is 2.43. The number of hydrogen-bond acceptors (Lipinski definition) is 4. The molecular formula is C27H33ClN2O3. The van der Waals surface area contributed by atoms with Crippen LogP contribution in [0.4, 0.5) is 0 Å². The standard InChI is InChI=1S/C27H33ClN2O3/c1-15-17(3)30(14-18-8-9-18)25-21(15)23(19-10-12-20(28)13-11-19)22(16(2)29-25)24(26(31)32-7)33-27(4,5)6/h10-13,18,24H,8-9,14H2,1-7H3/t24-/m0/s1. The molecule has 2 heterocycles. The van der Waals surface area contributed by atoms with Crippen molar-refractivity contribution in [1.29, 1.82) is 0 Å². The first-order valence-electron chi connectivity index (χ1n) is 11.5. The summed E-state index contributed by atoms with van der Waals surface area (Å²) in [7, 11) is 1.39. The highest BCUT2D eigenvalue weighted by Gasteiger charge is 2.35. The van der Waals surface area contributed by atoms with Gasteiger partial charge in [0.2, 0.25) is 0 Å². The molecule has 1 aliphatic rings. The maximum atomic E-state index is 13.0. The van der Waals surface area contributed by atoms with E-state index in [1.54, 1.807) is 0 Å². The van der Waals surface area contributed by atoms with Crippen molar-refractivity contribution >= 4 is 28.6 Å². The zero-order chi connectivity index (χ0) is 24.1. The Balaban J connectivity index is 2.08. The fourth-order valence-electron chi connectivity index (χ4n) is 4.50. The zero-order valence-electron chi connectivity index (χ0n) is 20.6. The number of fused-ring (bicyclic) bond motifs is 1.